The molecule has 0 radical (unpaired) electrons. The Morgan fingerprint density at radius 2 is 1.10 bits per heavy atom. The molecule has 0 aromatic heterocycles. The Balaban J connectivity index is 3.20. The van der Waals surface area contributed by atoms with Crippen LogP contribution < -0.4 is 27.8 Å². The van der Waals surface area contributed by atoms with Crippen LogP contribution in [0.3, 0.4) is 0 Å². The lowest BCUT2D eigenvalue weighted by atomic mass is 10.1. The number of hydrogen-bond donors (Lipinski definition) is 5. The summed E-state index contributed by atoms with van der Waals surface area (Å²) in [4.78, 5) is 8.32. The van der Waals surface area contributed by atoms with Gasteiger partial charge in [-0.05, 0) is 52.6 Å². The van der Waals surface area contributed by atoms with Crippen molar-refractivity contribution in [3.05, 3.63) is 11.8 Å². The smallest absolute Gasteiger partial charge is 0.192 e. The van der Waals surface area contributed by atoms with Gasteiger partial charge in [-0.3, -0.25) is 9.98 Å². The fourth-order valence-corrected chi connectivity index (χ4v) is 2.93. The molecule has 0 fully saturated rings. The van der Waals surface area contributed by atoms with Gasteiger partial charge < -0.3 is 27.8 Å². The van der Waals surface area contributed by atoms with E-state index < -0.39 is 0 Å². The third kappa shape index (κ3) is 24.2. The second-order valence-electron chi connectivity index (χ2n) is 7.93. The zero-order valence-electron chi connectivity index (χ0n) is 19.0. The van der Waals surface area contributed by atoms with Crippen LogP contribution in [0.4, 0.5) is 0 Å². The standard InChI is InChI=1S/C22H47N7/c1-20(2)19-29-22(25)28-18-14-10-6-4-8-12-16-26-15-11-7-3-5-9-13-17-27-21(23)24/h19,26H,3-18H2,1-2H3,(H4,23,24,27)(H3,25,28,29). The Labute approximate surface area is 179 Å². The van der Waals surface area contributed by atoms with Crippen LogP contribution >= 0.6 is 0 Å². The molecule has 0 amide bonds. The van der Waals surface area contributed by atoms with E-state index in [0.29, 0.717) is 5.96 Å². The summed E-state index contributed by atoms with van der Waals surface area (Å²) in [6.45, 7) is 7.92. The van der Waals surface area contributed by atoms with E-state index in [-0.39, 0.29) is 5.96 Å². The third-order valence-electron chi connectivity index (χ3n) is 4.61. The molecule has 0 bridgehead atoms. The molecule has 0 aliphatic rings. The predicted molar refractivity (Wildman–Crippen MR) is 128 cm³/mol. The van der Waals surface area contributed by atoms with Gasteiger partial charge in [0.25, 0.3) is 0 Å². The lowest BCUT2D eigenvalue weighted by Crippen LogP contribution is -2.27. The monoisotopic (exact) mass is 409 g/mol. The molecule has 0 heterocycles. The maximum absolute atomic E-state index is 5.78. The van der Waals surface area contributed by atoms with Crippen molar-refractivity contribution >= 4 is 11.9 Å². The van der Waals surface area contributed by atoms with E-state index in [0.717, 1.165) is 39.0 Å². The van der Waals surface area contributed by atoms with Crippen LogP contribution in [-0.4, -0.2) is 38.1 Å². The maximum atomic E-state index is 5.78. The number of nitrogens with one attached hydrogen (secondary N) is 2. The van der Waals surface area contributed by atoms with E-state index in [2.05, 4.69) is 20.6 Å². The highest BCUT2D eigenvalue weighted by Crippen LogP contribution is 2.06. The molecule has 0 unspecified atom stereocenters. The van der Waals surface area contributed by atoms with Crippen molar-refractivity contribution in [2.45, 2.75) is 90.9 Å². The molecule has 0 saturated heterocycles. The lowest BCUT2D eigenvalue weighted by molar-refractivity contribution is 0.540. The van der Waals surface area contributed by atoms with Crippen molar-refractivity contribution in [1.29, 1.82) is 0 Å². The summed E-state index contributed by atoms with van der Waals surface area (Å²) in [5.41, 5.74) is 17.6. The SMILES string of the molecule is CC(C)=CNC(N)=NCCCCCCCCNCCCCCCCCN=C(N)N. The zero-order chi connectivity index (χ0) is 21.6. The van der Waals surface area contributed by atoms with Crippen molar-refractivity contribution in [2.75, 3.05) is 26.2 Å². The highest BCUT2D eigenvalue weighted by atomic mass is 15.1. The predicted octanol–water partition coefficient (Wildman–Crippen LogP) is 3.36. The van der Waals surface area contributed by atoms with Crippen molar-refractivity contribution in [3.63, 3.8) is 0 Å². The van der Waals surface area contributed by atoms with Crippen LogP contribution in [0.2, 0.25) is 0 Å². The number of rotatable bonds is 19. The van der Waals surface area contributed by atoms with Gasteiger partial charge in [0.15, 0.2) is 11.9 Å². The quantitative estimate of drug-likeness (QED) is 0.127. The van der Waals surface area contributed by atoms with E-state index in [1.807, 2.05) is 20.0 Å². The summed E-state index contributed by atoms with van der Waals surface area (Å²) < 4.78 is 0. The minimum atomic E-state index is 0.204. The number of guanidine groups is 2. The van der Waals surface area contributed by atoms with Gasteiger partial charge >= 0.3 is 0 Å². The van der Waals surface area contributed by atoms with Crippen LogP contribution in [0.15, 0.2) is 21.8 Å². The van der Waals surface area contributed by atoms with Crippen LogP contribution in [0.25, 0.3) is 0 Å². The van der Waals surface area contributed by atoms with E-state index in [9.17, 15) is 0 Å². The van der Waals surface area contributed by atoms with Gasteiger partial charge in [-0.15, -0.1) is 0 Å². The first-order chi connectivity index (χ1) is 14.0. The minimum absolute atomic E-state index is 0.204. The Hall–Kier alpha value is -1.76. The van der Waals surface area contributed by atoms with Crippen LogP contribution in [0.5, 0.6) is 0 Å². The van der Waals surface area contributed by atoms with Crippen molar-refractivity contribution < 1.29 is 0 Å². The Morgan fingerprint density at radius 1 is 0.655 bits per heavy atom. The van der Waals surface area contributed by atoms with E-state index in [4.69, 9.17) is 17.2 Å². The molecular weight excluding hydrogens is 362 g/mol. The van der Waals surface area contributed by atoms with Gasteiger partial charge in [-0.1, -0.05) is 56.9 Å². The van der Waals surface area contributed by atoms with Crippen molar-refractivity contribution in [1.82, 2.24) is 10.6 Å². The molecule has 0 spiro atoms. The number of nitrogens with zero attached hydrogens (tertiary/aromatic N) is 2. The summed E-state index contributed by atoms with van der Waals surface area (Å²) in [6.07, 6.45) is 16.9. The molecule has 0 atom stereocenters. The number of nitrogens with two attached hydrogens (primary N) is 3. The first kappa shape index (κ1) is 27.2. The molecule has 0 saturated carbocycles. The number of allylic oxidation sites excluding steroid dienone is 1. The third-order valence-corrected chi connectivity index (χ3v) is 4.61. The number of hydrogen-bond acceptors (Lipinski definition) is 3. The topological polar surface area (TPSA) is 127 Å². The molecular formula is C22H47N7. The van der Waals surface area contributed by atoms with E-state index in [1.54, 1.807) is 0 Å². The molecule has 29 heavy (non-hydrogen) atoms. The molecule has 0 aromatic rings. The normalized spacial score (nSPS) is 11.3. The average molecular weight is 410 g/mol. The molecule has 0 aromatic carbocycles. The lowest BCUT2D eigenvalue weighted by Gasteiger charge is -2.05. The van der Waals surface area contributed by atoms with Gasteiger partial charge in [-0.25, -0.2) is 0 Å². The van der Waals surface area contributed by atoms with Crippen LogP contribution in [0, 0.1) is 0 Å². The van der Waals surface area contributed by atoms with Gasteiger partial charge in [0.1, 0.15) is 0 Å². The molecule has 7 heteroatoms. The Bertz CT molecular complexity index is 450. The molecule has 0 rings (SSSR count). The summed E-state index contributed by atoms with van der Waals surface area (Å²) >= 11 is 0. The van der Waals surface area contributed by atoms with Crippen LogP contribution in [-0.2, 0) is 0 Å². The van der Waals surface area contributed by atoms with Gasteiger partial charge in [0.05, 0.1) is 0 Å². The van der Waals surface area contributed by atoms with Crippen molar-refractivity contribution in [2.24, 2.45) is 27.2 Å². The summed E-state index contributed by atoms with van der Waals surface area (Å²) in [7, 11) is 0. The Kier molecular flexibility index (Phi) is 19.7. The van der Waals surface area contributed by atoms with Gasteiger partial charge in [0, 0.05) is 19.3 Å². The zero-order valence-corrected chi connectivity index (χ0v) is 19.0. The second-order valence-corrected chi connectivity index (χ2v) is 7.93. The fourth-order valence-electron chi connectivity index (χ4n) is 2.93. The van der Waals surface area contributed by atoms with Gasteiger partial charge in [0.2, 0.25) is 0 Å². The second kappa shape index (κ2) is 21.0. The average Bonchev–Trinajstić information content (AvgIpc) is 2.67. The maximum Gasteiger partial charge on any atom is 0.192 e. The molecule has 7 nitrogen and oxygen atoms in total. The summed E-state index contributed by atoms with van der Waals surface area (Å²) in [5.74, 6) is 0.718. The first-order valence-electron chi connectivity index (χ1n) is 11.5. The largest absolute Gasteiger partial charge is 0.370 e. The summed E-state index contributed by atoms with van der Waals surface area (Å²) in [5, 5.41) is 6.55. The fraction of sp³-hybridized carbons (Fsp3) is 0.818. The Morgan fingerprint density at radius 3 is 1.59 bits per heavy atom. The van der Waals surface area contributed by atoms with Gasteiger partial charge in [-0.2, -0.15) is 0 Å². The highest BCUT2D eigenvalue weighted by molar-refractivity contribution is 5.78. The van der Waals surface area contributed by atoms with Crippen molar-refractivity contribution in [3.8, 4) is 0 Å². The molecule has 8 N–H and O–H groups in total. The molecule has 0 aliphatic heterocycles. The minimum Gasteiger partial charge on any atom is -0.370 e. The van der Waals surface area contributed by atoms with E-state index >= 15 is 0 Å². The molecule has 170 valence electrons. The summed E-state index contributed by atoms with van der Waals surface area (Å²) in [6, 6.07) is 0. The highest BCUT2D eigenvalue weighted by Gasteiger charge is 1.94. The van der Waals surface area contributed by atoms with E-state index in [1.165, 1.54) is 69.8 Å². The number of unbranched alkanes of at least 4 members (excludes halogenated alkanes) is 10. The molecule has 0 aliphatic carbocycles. The number of aliphatic imine (C=N–C) groups is 2. The van der Waals surface area contributed by atoms with Crippen LogP contribution in [0.1, 0.15) is 90.9 Å². The first-order valence-corrected chi connectivity index (χ1v) is 11.5.